The molecule has 0 spiro atoms. The Kier molecular flexibility index (Phi) is 4.71. The molecule has 0 aliphatic carbocycles. The van der Waals surface area contributed by atoms with Crippen molar-refractivity contribution < 1.29 is 4.79 Å². The topological polar surface area (TPSA) is 41.1 Å². The van der Waals surface area contributed by atoms with E-state index in [4.69, 9.17) is 0 Å². The van der Waals surface area contributed by atoms with Crippen LogP contribution in [0.1, 0.15) is 23.4 Å². The van der Waals surface area contributed by atoms with Crippen molar-refractivity contribution >= 4 is 17.2 Å². The van der Waals surface area contributed by atoms with Crippen molar-refractivity contribution in [1.82, 2.24) is 10.6 Å². The van der Waals surface area contributed by atoms with Crippen molar-refractivity contribution in [2.45, 2.75) is 19.0 Å². The molecule has 2 rings (SSSR count). The van der Waals surface area contributed by atoms with Crippen molar-refractivity contribution in [2.24, 2.45) is 0 Å². The first-order valence-electron chi connectivity index (χ1n) is 6.28. The molecule has 4 heteroatoms. The third kappa shape index (κ3) is 3.43. The number of benzene rings is 1. The highest BCUT2D eigenvalue weighted by Crippen LogP contribution is 2.26. The van der Waals surface area contributed by atoms with Crippen molar-refractivity contribution in [3.63, 3.8) is 0 Å². The molecule has 0 saturated carbocycles. The molecule has 0 aliphatic rings. The molecule has 0 saturated heterocycles. The molecule has 0 bridgehead atoms. The highest BCUT2D eigenvalue weighted by Gasteiger charge is 2.20. The Morgan fingerprint density at radius 3 is 2.47 bits per heavy atom. The van der Waals surface area contributed by atoms with E-state index < -0.39 is 0 Å². The Balaban J connectivity index is 2.24. The van der Waals surface area contributed by atoms with E-state index >= 15 is 0 Å². The second kappa shape index (κ2) is 6.50. The van der Waals surface area contributed by atoms with Gasteiger partial charge in [0.05, 0.1) is 12.1 Å². The summed E-state index contributed by atoms with van der Waals surface area (Å²) in [4.78, 5) is 12.9. The molecule has 2 N–H and O–H groups in total. The molecule has 0 aliphatic heterocycles. The molecule has 19 heavy (non-hydrogen) atoms. The summed E-state index contributed by atoms with van der Waals surface area (Å²) in [5.41, 5.74) is 1.17. The van der Waals surface area contributed by atoms with Crippen LogP contribution < -0.4 is 10.6 Å². The lowest BCUT2D eigenvalue weighted by atomic mass is 10.0. The Morgan fingerprint density at radius 1 is 1.16 bits per heavy atom. The van der Waals surface area contributed by atoms with Gasteiger partial charge in [-0.05, 0) is 23.9 Å². The summed E-state index contributed by atoms with van der Waals surface area (Å²) in [7, 11) is 1.66. The number of hydrogen-bond donors (Lipinski definition) is 2. The number of carbonyl (C=O) groups is 1. The van der Waals surface area contributed by atoms with E-state index in [2.05, 4.69) is 34.2 Å². The summed E-state index contributed by atoms with van der Waals surface area (Å²) in [6.07, 6.45) is 0. The van der Waals surface area contributed by atoms with Gasteiger partial charge in [0.2, 0.25) is 5.91 Å². The molecular weight excluding hydrogens is 256 g/mol. The van der Waals surface area contributed by atoms with Gasteiger partial charge in [-0.2, -0.15) is 0 Å². The predicted octanol–water partition coefficient (Wildman–Crippen LogP) is 2.56. The molecule has 3 nitrogen and oxygen atoms in total. The van der Waals surface area contributed by atoms with Crippen LogP contribution in [0.5, 0.6) is 0 Å². The molecule has 2 aromatic rings. The molecule has 0 unspecified atom stereocenters. The molecule has 1 aromatic carbocycles. The van der Waals surface area contributed by atoms with E-state index in [1.54, 1.807) is 18.4 Å². The van der Waals surface area contributed by atoms with Crippen LogP contribution in [0.3, 0.4) is 0 Å². The minimum atomic E-state index is -0.239. The predicted molar refractivity (Wildman–Crippen MR) is 79.3 cm³/mol. The third-order valence-corrected chi connectivity index (χ3v) is 3.95. The van der Waals surface area contributed by atoms with Crippen LogP contribution >= 0.6 is 11.3 Å². The average Bonchev–Trinajstić information content (AvgIpc) is 2.98. The Labute approximate surface area is 117 Å². The zero-order chi connectivity index (χ0) is 13.7. The number of hydrogen-bond acceptors (Lipinski definition) is 3. The second-order valence-electron chi connectivity index (χ2n) is 4.36. The van der Waals surface area contributed by atoms with Gasteiger partial charge in [0.15, 0.2) is 0 Å². The van der Waals surface area contributed by atoms with Crippen LogP contribution in [0.15, 0.2) is 47.8 Å². The van der Waals surface area contributed by atoms with Crippen LogP contribution in [-0.4, -0.2) is 19.0 Å². The zero-order valence-corrected chi connectivity index (χ0v) is 11.9. The van der Waals surface area contributed by atoms with Crippen LogP contribution in [0.4, 0.5) is 0 Å². The van der Waals surface area contributed by atoms with Crippen molar-refractivity contribution in [3.05, 3.63) is 58.3 Å². The van der Waals surface area contributed by atoms with Gasteiger partial charge in [0, 0.05) is 11.9 Å². The molecule has 100 valence electrons. The van der Waals surface area contributed by atoms with Gasteiger partial charge in [0.1, 0.15) is 0 Å². The minimum Gasteiger partial charge on any atom is -0.358 e. The summed E-state index contributed by atoms with van der Waals surface area (Å²) in [6.45, 7) is 1.88. The van der Waals surface area contributed by atoms with Gasteiger partial charge in [0.25, 0.3) is 0 Å². The standard InChI is InChI=1S/C15H18N2OS/c1-11(15(18)16-2)17-14(13-9-6-10-19-13)12-7-4-3-5-8-12/h3-11,14,17H,1-2H3,(H,16,18)/t11-,14+/m0/s1. The maximum Gasteiger partial charge on any atom is 0.236 e. The monoisotopic (exact) mass is 274 g/mol. The van der Waals surface area contributed by atoms with Gasteiger partial charge < -0.3 is 5.32 Å². The maximum atomic E-state index is 11.7. The highest BCUT2D eigenvalue weighted by atomic mass is 32.1. The van der Waals surface area contributed by atoms with Gasteiger partial charge in [-0.1, -0.05) is 36.4 Å². The molecular formula is C15H18N2OS. The van der Waals surface area contributed by atoms with Crippen LogP contribution in [0.2, 0.25) is 0 Å². The normalized spacial score (nSPS) is 13.8. The van der Waals surface area contributed by atoms with Gasteiger partial charge in [-0.15, -0.1) is 11.3 Å². The van der Waals surface area contributed by atoms with Crippen molar-refractivity contribution in [2.75, 3.05) is 7.05 Å². The first-order chi connectivity index (χ1) is 9.22. The fourth-order valence-corrected chi connectivity index (χ4v) is 2.80. The number of carbonyl (C=O) groups excluding carboxylic acids is 1. The Hall–Kier alpha value is -1.65. The number of rotatable bonds is 5. The summed E-state index contributed by atoms with van der Waals surface area (Å²) in [5.74, 6) is -0.00233. The van der Waals surface area contributed by atoms with E-state index in [-0.39, 0.29) is 18.0 Å². The zero-order valence-electron chi connectivity index (χ0n) is 11.1. The molecule has 0 fully saturated rings. The minimum absolute atomic E-state index is 0.00233. The summed E-state index contributed by atoms with van der Waals surface area (Å²) in [6, 6.07) is 14.1. The number of likely N-dealkylation sites (N-methyl/N-ethyl adjacent to an activating group) is 1. The second-order valence-corrected chi connectivity index (χ2v) is 5.34. The maximum absolute atomic E-state index is 11.7. The van der Waals surface area contributed by atoms with E-state index in [1.807, 2.05) is 31.2 Å². The molecule has 1 aromatic heterocycles. The average molecular weight is 274 g/mol. The fraction of sp³-hybridized carbons (Fsp3) is 0.267. The lowest BCUT2D eigenvalue weighted by molar-refractivity contribution is -0.122. The Morgan fingerprint density at radius 2 is 1.89 bits per heavy atom. The SMILES string of the molecule is CNC(=O)[C@H](C)N[C@H](c1ccccc1)c1cccs1. The third-order valence-electron chi connectivity index (χ3n) is 3.02. The van der Waals surface area contributed by atoms with Gasteiger partial charge >= 0.3 is 0 Å². The van der Waals surface area contributed by atoms with Crippen molar-refractivity contribution in [1.29, 1.82) is 0 Å². The van der Waals surface area contributed by atoms with Crippen LogP contribution in [-0.2, 0) is 4.79 Å². The van der Waals surface area contributed by atoms with Gasteiger partial charge in [-0.3, -0.25) is 10.1 Å². The molecule has 1 heterocycles. The van der Waals surface area contributed by atoms with E-state index in [1.165, 1.54) is 10.4 Å². The van der Waals surface area contributed by atoms with Crippen LogP contribution in [0, 0.1) is 0 Å². The fourth-order valence-electron chi connectivity index (χ4n) is 1.99. The largest absolute Gasteiger partial charge is 0.358 e. The number of thiophene rings is 1. The smallest absolute Gasteiger partial charge is 0.236 e. The van der Waals surface area contributed by atoms with Crippen molar-refractivity contribution in [3.8, 4) is 0 Å². The molecule has 2 atom stereocenters. The Bertz CT molecular complexity index is 510. The van der Waals surface area contributed by atoms with Gasteiger partial charge in [-0.25, -0.2) is 0 Å². The van der Waals surface area contributed by atoms with Crippen LogP contribution in [0.25, 0.3) is 0 Å². The summed E-state index contributed by atoms with van der Waals surface area (Å²) in [5, 5.41) is 8.11. The highest BCUT2D eigenvalue weighted by molar-refractivity contribution is 7.10. The quantitative estimate of drug-likeness (QED) is 0.880. The molecule has 1 amide bonds. The first kappa shape index (κ1) is 13.8. The van der Waals surface area contributed by atoms with E-state index in [9.17, 15) is 4.79 Å². The molecule has 0 radical (unpaired) electrons. The van der Waals surface area contributed by atoms with E-state index in [0.29, 0.717) is 0 Å². The number of nitrogens with one attached hydrogen (secondary N) is 2. The number of amides is 1. The summed E-state index contributed by atoms with van der Waals surface area (Å²) >= 11 is 1.69. The summed E-state index contributed by atoms with van der Waals surface area (Å²) < 4.78 is 0. The first-order valence-corrected chi connectivity index (χ1v) is 7.16. The van der Waals surface area contributed by atoms with E-state index in [0.717, 1.165) is 0 Å². The lowest BCUT2D eigenvalue weighted by Crippen LogP contribution is -2.42. The lowest BCUT2D eigenvalue weighted by Gasteiger charge is -2.22.